The average Bonchev–Trinajstić information content (AvgIpc) is 2.58. The molecule has 6 heteroatoms. The minimum atomic E-state index is -0.132. The van der Waals surface area contributed by atoms with Crippen molar-refractivity contribution in [2.75, 3.05) is 24.3 Å². The molecule has 2 N–H and O–H groups in total. The van der Waals surface area contributed by atoms with Gasteiger partial charge in [0.15, 0.2) is 5.78 Å². The molecule has 1 amide bonds. The molecule has 0 aliphatic carbocycles. The Morgan fingerprint density at radius 2 is 1.84 bits per heavy atom. The Labute approximate surface area is 152 Å². The summed E-state index contributed by atoms with van der Waals surface area (Å²) in [6.45, 7) is 3.86. The molecule has 25 heavy (non-hydrogen) atoms. The van der Waals surface area contributed by atoms with E-state index >= 15 is 0 Å². The summed E-state index contributed by atoms with van der Waals surface area (Å²) < 4.78 is 5.24. The number of ether oxygens (including phenoxy) is 1. The number of amides is 1. The fourth-order valence-electron chi connectivity index (χ4n) is 2.29. The van der Waals surface area contributed by atoms with Crippen LogP contribution in [-0.4, -0.2) is 25.3 Å². The Morgan fingerprint density at radius 3 is 2.44 bits per heavy atom. The molecule has 2 aromatic carbocycles. The van der Waals surface area contributed by atoms with E-state index < -0.39 is 0 Å². The highest BCUT2D eigenvalue weighted by molar-refractivity contribution is 6.31. The minimum Gasteiger partial charge on any atom is -0.495 e. The monoisotopic (exact) mass is 360 g/mol. The smallest absolute Gasteiger partial charge is 0.226 e. The molecule has 0 saturated carbocycles. The van der Waals surface area contributed by atoms with Crippen molar-refractivity contribution >= 4 is 34.7 Å². The summed E-state index contributed by atoms with van der Waals surface area (Å²) in [6.07, 6.45) is 0.291. The Balaban J connectivity index is 1.89. The highest BCUT2D eigenvalue weighted by Crippen LogP contribution is 2.30. The van der Waals surface area contributed by atoms with Crippen LogP contribution in [0.15, 0.2) is 36.4 Å². The van der Waals surface area contributed by atoms with E-state index in [4.69, 9.17) is 16.3 Å². The largest absolute Gasteiger partial charge is 0.495 e. The van der Waals surface area contributed by atoms with Gasteiger partial charge in [0, 0.05) is 35.3 Å². The van der Waals surface area contributed by atoms with Gasteiger partial charge in [-0.15, -0.1) is 0 Å². The lowest BCUT2D eigenvalue weighted by atomic mass is 10.1. The third kappa shape index (κ3) is 5.22. The molecule has 0 unspecified atom stereocenters. The quantitative estimate of drug-likeness (QED) is 0.722. The van der Waals surface area contributed by atoms with Crippen molar-refractivity contribution in [2.24, 2.45) is 0 Å². The van der Waals surface area contributed by atoms with Gasteiger partial charge in [0.05, 0.1) is 12.8 Å². The number of ketones is 1. The lowest BCUT2D eigenvalue weighted by molar-refractivity contribution is -0.116. The topological polar surface area (TPSA) is 67.4 Å². The molecule has 0 radical (unpaired) electrons. The molecule has 0 bridgehead atoms. The van der Waals surface area contributed by atoms with Crippen LogP contribution < -0.4 is 15.4 Å². The van der Waals surface area contributed by atoms with Gasteiger partial charge in [-0.05, 0) is 49.7 Å². The van der Waals surface area contributed by atoms with E-state index in [-0.39, 0.29) is 11.7 Å². The van der Waals surface area contributed by atoms with E-state index in [1.165, 1.54) is 14.0 Å². The molecular weight excluding hydrogens is 340 g/mol. The molecule has 0 aliphatic rings. The van der Waals surface area contributed by atoms with Gasteiger partial charge < -0.3 is 15.4 Å². The van der Waals surface area contributed by atoms with Gasteiger partial charge in [-0.3, -0.25) is 9.59 Å². The fraction of sp³-hybridized carbons (Fsp3) is 0.263. The fourth-order valence-corrected chi connectivity index (χ4v) is 2.44. The van der Waals surface area contributed by atoms with Gasteiger partial charge in [-0.2, -0.15) is 0 Å². The van der Waals surface area contributed by atoms with Gasteiger partial charge in [0.1, 0.15) is 5.75 Å². The maximum Gasteiger partial charge on any atom is 0.226 e. The molecule has 0 fully saturated rings. The first-order chi connectivity index (χ1) is 11.9. The Hall–Kier alpha value is -2.53. The van der Waals surface area contributed by atoms with Crippen molar-refractivity contribution in [2.45, 2.75) is 20.3 Å². The maximum absolute atomic E-state index is 12.1. The predicted molar refractivity (Wildman–Crippen MR) is 101 cm³/mol. The summed E-state index contributed by atoms with van der Waals surface area (Å²) >= 11 is 6.06. The molecule has 2 rings (SSSR count). The average molecular weight is 361 g/mol. The second-order valence-electron chi connectivity index (χ2n) is 5.66. The number of nitrogens with one attached hydrogen (secondary N) is 2. The second kappa shape index (κ2) is 8.53. The lowest BCUT2D eigenvalue weighted by Crippen LogP contribution is -2.16. The number of anilines is 2. The zero-order valence-corrected chi connectivity index (χ0v) is 15.2. The molecule has 0 aromatic heterocycles. The number of rotatable bonds is 7. The van der Waals surface area contributed by atoms with Crippen LogP contribution in [0.1, 0.15) is 29.3 Å². The third-order valence-electron chi connectivity index (χ3n) is 3.73. The van der Waals surface area contributed by atoms with Crippen molar-refractivity contribution in [3.05, 3.63) is 52.5 Å². The Bertz CT molecular complexity index is 773. The molecular formula is C19H21ClN2O3. The number of Topliss-reactive ketones (excluding diaryl/α,β-unsaturated/α-hetero) is 1. The summed E-state index contributed by atoms with van der Waals surface area (Å²) in [7, 11) is 1.53. The van der Waals surface area contributed by atoms with Crippen molar-refractivity contribution in [1.82, 2.24) is 0 Å². The number of aryl methyl sites for hydroxylation is 1. The summed E-state index contributed by atoms with van der Waals surface area (Å²) in [5, 5.41) is 6.57. The van der Waals surface area contributed by atoms with Crippen LogP contribution in [0.5, 0.6) is 5.75 Å². The Morgan fingerprint density at radius 1 is 1.16 bits per heavy atom. The number of halogens is 1. The zero-order valence-electron chi connectivity index (χ0n) is 14.5. The van der Waals surface area contributed by atoms with Crippen LogP contribution in [0.3, 0.4) is 0 Å². The standard InChI is InChI=1S/C19H21ClN2O3/c1-12-10-17(18(25-3)11-16(12)20)22-19(24)8-9-21-15-6-4-14(5-7-15)13(2)23/h4-7,10-11,21H,8-9H2,1-3H3,(H,22,24). The van der Waals surface area contributed by atoms with Gasteiger partial charge >= 0.3 is 0 Å². The van der Waals surface area contributed by atoms with Crippen LogP contribution in [0.25, 0.3) is 0 Å². The van der Waals surface area contributed by atoms with E-state index in [1.807, 2.05) is 19.1 Å². The molecule has 0 saturated heterocycles. The summed E-state index contributed by atoms with van der Waals surface area (Å²) in [5.41, 5.74) is 2.98. The van der Waals surface area contributed by atoms with Crippen LogP contribution in [0.2, 0.25) is 5.02 Å². The maximum atomic E-state index is 12.1. The first-order valence-corrected chi connectivity index (χ1v) is 8.27. The SMILES string of the molecule is COc1cc(Cl)c(C)cc1NC(=O)CCNc1ccc(C(C)=O)cc1. The van der Waals surface area contributed by atoms with Crippen molar-refractivity contribution in [1.29, 1.82) is 0 Å². The molecule has 0 heterocycles. The van der Waals surface area contributed by atoms with Crippen molar-refractivity contribution < 1.29 is 14.3 Å². The summed E-state index contributed by atoms with van der Waals surface area (Å²) in [6, 6.07) is 10.6. The number of hydrogen-bond donors (Lipinski definition) is 2. The number of hydrogen-bond acceptors (Lipinski definition) is 4. The number of methoxy groups -OCH3 is 1. The van der Waals surface area contributed by atoms with Crippen LogP contribution in [-0.2, 0) is 4.79 Å². The lowest BCUT2D eigenvalue weighted by Gasteiger charge is -2.12. The Kier molecular flexibility index (Phi) is 6.42. The second-order valence-corrected chi connectivity index (χ2v) is 6.07. The summed E-state index contributed by atoms with van der Waals surface area (Å²) in [5.74, 6) is 0.419. The van der Waals surface area contributed by atoms with Crippen LogP contribution in [0.4, 0.5) is 11.4 Å². The van der Waals surface area contributed by atoms with Crippen LogP contribution in [0, 0.1) is 6.92 Å². The highest BCUT2D eigenvalue weighted by Gasteiger charge is 2.10. The highest BCUT2D eigenvalue weighted by atomic mass is 35.5. The summed E-state index contributed by atoms with van der Waals surface area (Å²) in [4.78, 5) is 23.4. The van der Waals surface area contributed by atoms with E-state index in [2.05, 4.69) is 10.6 Å². The predicted octanol–water partition coefficient (Wildman–Crippen LogP) is 4.30. The van der Waals surface area contributed by atoms with E-state index in [1.54, 1.807) is 24.3 Å². The first-order valence-electron chi connectivity index (χ1n) is 7.89. The molecule has 0 spiro atoms. The molecule has 5 nitrogen and oxygen atoms in total. The number of carbonyl (C=O) groups excluding carboxylic acids is 2. The van der Waals surface area contributed by atoms with E-state index in [0.29, 0.717) is 35.0 Å². The first kappa shape index (κ1) is 18.8. The van der Waals surface area contributed by atoms with Gasteiger partial charge in [-0.1, -0.05) is 11.6 Å². The number of benzene rings is 2. The van der Waals surface area contributed by atoms with Gasteiger partial charge in [0.2, 0.25) is 5.91 Å². The van der Waals surface area contributed by atoms with Gasteiger partial charge in [-0.25, -0.2) is 0 Å². The molecule has 0 aliphatic heterocycles. The van der Waals surface area contributed by atoms with Crippen molar-refractivity contribution in [3.63, 3.8) is 0 Å². The van der Waals surface area contributed by atoms with Crippen LogP contribution >= 0.6 is 11.6 Å². The molecule has 2 aromatic rings. The number of carbonyl (C=O) groups is 2. The third-order valence-corrected chi connectivity index (χ3v) is 4.13. The van der Waals surface area contributed by atoms with E-state index in [9.17, 15) is 9.59 Å². The molecule has 132 valence electrons. The van der Waals surface area contributed by atoms with E-state index in [0.717, 1.165) is 11.3 Å². The molecule has 0 atom stereocenters. The van der Waals surface area contributed by atoms with Crippen molar-refractivity contribution in [3.8, 4) is 5.75 Å². The van der Waals surface area contributed by atoms with Gasteiger partial charge in [0.25, 0.3) is 0 Å². The minimum absolute atomic E-state index is 0.0260. The normalized spacial score (nSPS) is 10.2. The zero-order chi connectivity index (χ0) is 18.4.